The zero-order valence-corrected chi connectivity index (χ0v) is 11.2. The highest BCUT2D eigenvalue weighted by atomic mass is 16.5. The lowest BCUT2D eigenvalue weighted by Crippen LogP contribution is -2.01. The molecule has 0 aromatic heterocycles. The third-order valence-electron chi connectivity index (χ3n) is 2.87. The summed E-state index contributed by atoms with van der Waals surface area (Å²) in [4.78, 5) is 0. The van der Waals surface area contributed by atoms with Crippen LogP contribution >= 0.6 is 0 Å². The first-order valence-corrected chi connectivity index (χ1v) is 6.43. The van der Waals surface area contributed by atoms with Crippen molar-refractivity contribution < 1.29 is 9.84 Å². The van der Waals surface area contributed by atoms with E-state index in [9.17, 15) is 5.11 Å². The van der Waals surface area contributed by atoms with Gasteiger partial charge in [0.15, 0.2) is 0 Å². The van der Waals surface area contributed by atoms with E-state index in [1.165, 1.54) is 0 Å². The van der Waals surface area contributed by atoms with Gasteiger partial charge in [-0.15, -0.1) is 0 Å². The van der Waals surface area contributed by atoms with Gasteiger partial charge in [0, 0.05) is 16.7 Å². The second kappa shape index (κ2) is 7.34. The number of aliphatic hydroxyl groups is 1. The van der Waals surface area contributed by atoms with E-state index >= 15 is 0 Å². The summed E-state index contributed by atoms with van der Waals surface area (Å²) in [5, 5.41) is 9.27. The molecule has 3 heteroatoms. The molecule has 0 aliphatic heterocycles. The molecule has 0 amide bonds. The van der Waals surface area contributed by atoms with Gasteiger partial charge in [0.1, 0.15) is 12.4 Å². The van der Waals surface area contributed by atoms with Gasteiger partial charge in [-0.3, -0.25) is 0 Å². The number of aliphatic hydroxyl groups excluding tert-OH is 1. The molecule has 3 N–H and O–H groups in total. The van der Waals surface area contributed by atoms with Gasteiger partial charge in [-0.2, -0.15) is 0 Å². The Hall–Kier alpha value is -2.28. The molecule has 0 unspecified atom stereocenters. The lowest BCUT2D eigenvalue weighted by molar-refractivity contribution is 0.259. The molecule has 0 spiro atoms. The normalized spacial score (nSPS) is 9.70. The summed E-state index contributed by atoms with van der Waals surface area (Å²) in [7, 11) is 0. The highest BCUT2D eigenvalue weighted by Gasteiger charge is 2.04. The van der Waals surface area contributed by atoms with Crippen LogP contribution in [0.2, 0.25) is 0 Å². The predicted octanol–water partition coefficient (Wildman–Crippen LogP) is 2.07. The number of hydrogen-bond donors (Lipinski definition) is 2. The second-order valence-electron chi connectivity index (χ2n) is 4.22. The molecule has 0 aliphatic rings. The Balaban J connectivity index is 2.15. The number of nitrogens with two attached hydrogens (primary N) is 1. The number of hydrogen-bond acceptors (Lipinski definition) is 3. The molecule has 0 aliphatic carbocycles. The van der Waals surface area contributed by atoms with Gasteiger partial charge in [-0.25, -0.2) is 0 Å². The molecule has 0 fully saturated rings. The van der Waals surface area contributed by atoms with Crippen molar-refractivity contribution in [1.82, 2.24) is 0 Å². The van der Waals surface area contributed by atoms with Crippen LogP contribution in [-0.4, -0.2) is 11.7 Å². The van der Waals surface area contributed by atoms with Gasteiger partial charge >= 0.3 is 0 Å². The van der Waals surface area contributed by atoms with Gasteiger partial charge in [0.25, 0.3) is 0 Å². The highest BCUT2D eigenvalue weighted by molar-refractivity contribution is 5.41. The van der Waals surface area contributed by atoms with Crippen LogP contribution in [0.25, 0.3) is 0 Å². The molecule has 3 nitrogen and oxygen atoms in total. The van der Waals surface area contributed by atoms with Crippen molar-refractivity contribution in [2.75, 3.05) is 6.54 Å². The van der Waals surface area contributed by atoms with E-state index in [-0.39, 0.29) is 6.61 Å². The van der Waals surface area contributed by atoms with Gasteiger partial charge in [0.05, 0.1) is 13.2 Å². The number of ether oxygens (including phenoxy) is 1. The van der Waals surface area contributed by atoms with Gasteiger partial charge in [-0.05, 0) is 12.1 Å². The molecule has 0 saturated carbocycles. The monoisotopic (exact) mass is 267 g/mol. The van der Waals surface area contributed by atoms with Crippen molar-refractivity contribution in [2.45, 2.75) is 13.2 Å². The average molecular weight is 267 g/mol. The van der Waals surface area contributed by atoms with Gasteiger partial charge in [-0.1, -0.05) is 48.2 Å². The maximum atomic E-state index is 9.27. The summed E-state index contributed by atoms with van der Waals surface area (Å²) in [6, 6.07) is 15.3. The van der Waals surface area contributed by atoms with Gasteiger partial charge in [0.2, 0.25) is 0 Å². The third kappa shape index (κ3) is 3.61. The highest BCUT2D eigenvalue weighted by Crippen LogP contribution is 2.20. The van der Waals surface area contributed by atoms with Crippen LogP contribution < -0.4 is 10.5 Å². The summed E-state index contributed by atoms with van der Waals surface area (Å²) in [6.45, 7) is 0.708. The molecule has 0 saturated heterocycles. The topological polar surface area (TPSA) is 55.5 Å². The smallest absolute Gasteiger partial charge is 0.125 e. The Morgan fingerprint density at radius 1 is 1.00 bits per heavy atom. The maximum Gasteiger partial charge on any atom is 0.125 e. The Morgan fingerprint density at radius 2 is 1.70 bits per heavy atom. The predicted molar refractivity (Wildman–Crippen MR) is 79.1 cm³/mol. The summed E-state index contributed by atoms with van der Waals surface area (Å²) in [6.07, 6.45) is 0. The summed E-state index contributed by atoms with van der Waals surface area (Å²) >= 11 is 0. The zero-order valence-electron chi connectivity index (χ0n) is 11.2. The van der Waals surface area contributed by atoms with Crippen molar-refractivity contribution in [2.24, 2.45) is 5.73 Å². The molecule has 102 valence electrons. The molecule has 0 atom stereocenters. The van der Waals surface area contributed by atoms with Crippen LogP contribution in [0.4, 0.5) is 0 Å². The van der Waals surface area contributed by atoms with E-state index < -0.39 is 0 Å². The number of benzene rings is 2. The van der Waals surface area contributed by atoms with Crippen LogP contribution in [0.15, 0.2) is 48.5 Å². The SMILES string of the molecule is NCC#Cc1ccccc1COc1ccccc1CO. The van der Waals surface area contributed by atoms with E-state index in [2.05, 4.69) is 11.8 Å². The fourth-order valence-corrected chi connectivity index (χ4v) is 1.85. The largest absolute Gasteiger partial charge is 0.488 e. The summed E-state index contributed by atoms with van der Waals surface area (Å²) in [5.74, 6) is 6.57. The summed E-state index contributed by atoms with van der Waals surface area (Å²) < 4.78 is 5.78. The van der Waals surface area contributed by atoms with Crippen LogP contribution in [0.1, 0.15) is 16.7 Å². The Morgan fingerprint density at radius 3 is 2.45 bits per heavy atom. The number of para-hydroxylation sites is 1. The first-order valence-electron chi connectivity index (χ1n) is 6.43. The molecule has 2 aromatic rings. The Kier molecular flexibility index (Phi) is 5.19. The van der Waals surface area contributed by atoms with E-state index in [1.54, 1.807) is 0 Å². The van der Waals surface area contributed by atoms with Crippen LogP contribution in [0.5, 0.6) is 5.75 Å². The minimum atomic E-state index is -0.0369. The van der Waals surface area contributed by atoms with Crippen molar-refractivity contribution >= 4 is 0 Å². The Labute approximate surface area is 119 Å². The van der Waals surface area contributed by atoms with E-state index in [1.807, 2.05) is 48.5 Å². The van der Waals surface area contributed by atoms with E-state index in [0.717, 1.165) is 16.7 Å². The van der Waals surface area contributed by atoms with Crippen LogP contribution in [-0.2, 0) is 13.2 Å². The van der Waals surface area contributed by atoms with E-state index in [4.69, 9.17) is 10.5 Å². The average Bonchev–Trinajstić information content (AvgIpc) is 2.52. The molecule has 2 rings (SSSR count). The van der Waals surface area contributed by atoms with Crippen molar-refractivity contribution in [3.63, 3.8) is 0 Å². The van der Waals surface area contributed by atoms with Gasteiger partial charge < -0.3 is 15.6 Å². The summed E-state index contributed by atoms with van der Waals surface area (Å²) in [5.41, 5.74) is 8.09. The van der Waals surface area contributed by atoms with Crippen molar-refractivity contribution in [1.29, 1.82) is 0 Å². The number of rotatable bonds is 4. The van der Waals surface area contributed by atoms with Crippen molar-refractivity contribution in [3.05, 3.63) is 65.2 Å². The fraction of sp³-hybridized carbons (Fsp3) is 0.176. The van der Waals surface area contributed by atoms with Crippen LogP contribution in [0.3, 0.4) is 0 Å². The first-order chi connectivity index (χ1) is 9.85. The third-order valence-corrected chi connectivity index (χ3v) is 2.87. The quantitative estimate of drug-likeness (QED) is 0.834. The lowest BCUT2D eigenvalue weighted by Gasteiger charge is -2.11. The molecule has 2 aromatic carbocycles. The second-order valence-corrected chi connectivity index (χ2v) is 4.22. The minimum Gasteiger partial charge on any atom is -0.488 e. The lowest BCUT2D eigenvalue weighted by atomic mass is 10.1. The molecule has 20 heavy (non-hydrogen) atoms. The van der Waals surface area contributed by atoms with Crippen LogP contribution in [0, 0.1) is 11.8 Å². The fourth-order valence-electron chi connectivity index (χ4n) is 1.85. The molecule has 0 radical (unpaired) electrons. The van der Waals surface area contributed by atoms with Crippen molar-refractivity contribution in [3.8, 4) is 17.6 Å². The zero-order chi connectivity index (χ0) is 14.2. The first kappa shape index (κ1) is 14.1. The molecular weight excluding hydrogens is 250 g/mol. The standard InChI is InChI=1S/C17H17NO2/c18-11-5-9-14-6-1-2-8-16(14)13-20-17-10-4-3-7-15(17)12-19/h1-4,6-8,10,19H,11-13,18H2. The Bertz CT molecular complexity index is 626. The molecule has 0 bridgehead atoms. The minimum absolute atomic E-state index is 0.0369. The molecular formula is C17H17NO2. The molecule has 0 heterocycles. The van der Waals surface area contributed by atoms with E-state index in [0.29, 0.717) is 18.9 Å². The maximum absolute atomic E-state index is 9.27.